The highest BCUT2D eigenvalue weighted by atomic mass is 32.2. The number of hydrogen-bond acceptors (Lipinski definition) is 4. The van der Waals surface area contributed by atoms with Crippen molar-refractivity contribution in [1.29, 1.82) is 0 Å². The van der Waals surface area contributed by atoms with Crippen LogP contribution in [0.2, 0.25) is 0 Å². The molecule has 1 N–H and O–H groups in total. The Morgan fingerprint density at radius 2 is 1.88 bits per heavy atom. The Hall–Kier alpha value is -1.60. The Kier molecular flexibility index (Phi) is 7.25. The molecule has 1 aliphatic carbocycles. The lowest BCUT2D eigenvalue weighted by atomic mass is 9.97. The number of amides is 1. The van der Waals surface area contributed by atoms with E-state index in [0.29, 0.717) is 11.5 Å². The van der Waals surface area contributed by atoms with Crippen molar-refractivity contribution in [3.8, 4) is 0 Å². The molecule has 0 bridgehead atoms. The molecular formula is C18H28N2O4S. The normalized spacial score (nSPS) is 17.6. The van der Waals surface area contributed by atoms with Crippen molar-refractivity contribution in [3.05, 3.63) is 29.7 Å². The predicted octanol–water partition coefficient (Wildman–Crippen LogP) is 2.91. The van der Waals surface area contributed by atoms with E-state index in [1.807, 2.05) is 0 Å². The number of sulfonamides is 1. The van der Waals surface area contributed by atoms with Crippen LogP contribution in [0.15, 0.2) is 22.6 Å². The quantitative estimate of drug-likeness (QED) is 0.783. The van der Waals surface area contributed by atoms with Gasteiger partial charge in [0.05, 0.1) is 12.8 Å². The Morgan fingerprint density at radius 3 is 2.52 bits per heavy atom. The first-order valence-electron chi connectivity index (χ1n) is 8.83. The smallest absolute Gasteiger partial charge is 0.244 e. The van der Waals surface area contributed by atoms with Gasteiger partial charge in [0.15, 0.2) is 0 Å². The van der Waals surface area contributed by atoms with Crippen LogP contribution >= 0.6 is 0 Å². The van der Waals surface area contributed by atoms with Gasteiger partial charge in [-0.1, -0.05) is 32.1 Å². The van der Waals surface area contributed by atoms with Gasteiger partial charge in [-0.25, -0.2) is 8.42 Å². The maximum atomic E-state index is 12.1. The number of nitrogens with zero attached hydrogens (tertiary/aromatic N) is 1. The van der Waals surface area contributed by atoms with Crippen LogP contribution in [0.4, 0.5) is 0 Å². The fraction of sp³-hybridized carbons (Fsp3) is 0.611. The molecule has 0 spiro atoms. The van der Waals surface area contributed by atoms with E-state index < -0.39 is 10.0 Å². The number of hydrogen-bond donors (Lipinski definition) is 1. The second kappa shape index (κ2) is 9.20. The van der Waals surface area contributed by atoms with Crippen LogP contribution in [0.5, 0.6) is 0 Å². The van der Waals surface area contributed by atoms with Crippen LogP contribution in [0.1, 0.15) is 56.5 Å². The molecule has 6 nitrogen and oxygen atoms in total. The van der Waals surface area contributed by atoms with Crippen LogP contribution in [0, 0.1) is 0 Å². The van der Waals surface area contributed by atoms with Crippen molar-refractivity contribution in [1.82, 2.24) is 9.62 Å². The molecule has 1 saturated carbocycles. The minimum absolute atomic E-state index is 0.114. The van der Waals surface area contributed by atoms with Crippen molar-refractivity contribution >= 4 is 22.0 Å². The largest absolute Gasteiger partial charge is 0.460 e. The summed E-state index contributed by atoms with van der Waals surface area (Å²) in [5.41, 5.74) is 0. The van der Waals surface area contributed by atoms with Gasteiger partial charge in [-0.3, -0.25) is 4.79 Å². The molecule has 25 heavy (non-hydrogen) atoms. The summed E-state index contributed by atoms with van der Waals surface area (Å²) in [5.74, 6) is 0.953. The summed E-state index contributed by atoms with van der Waals surface area (Å²) in [6, 6.07) is 3.70. The number of carbonyl (C=O) groups excluding carboxylic acids is 1. The molecule has 0 radical (unpaired) electrons. The van der Waals surface area contributed by atoms with E-state index in [2.05, 4.69) is 5.32 Å². The van der Waals surface area contributed by atoms with Gasteiger partial charge in [0, 0.05) is 19.2 Å². The van der Waals surface area contributed by atoms with Gasteiger partial charge < -0.3 is 9.73 Å². The van der Waals surface area contributed by atoms with Crippen LogP contribution in [-0.2, 0) is 21.4 Å². The van der Waals surface area contributed by atoms with Crippen LogP contribution in [-0.4, -0.2) is 38.0 Å². The maximum Gasteiger partial charge on any atom is 0.244 e. The van der Waals surface area contributed by atoms with Crippen molar-refractivity contribution in [2.75, 3.05) is 13.3 Å². The molecular weight excluding hydrogens is 340 g/mol. The van der Waals surface area contributed by atoms with Crippen LogP contribution in [0.25, 0.3) is 6.08 Å². The zero-order chi connectivity index (χ0) is 18.3. The summed E-state index contributed by atoms with van der Waals surface area (Å²) in [6.07, 6.45) is 12.5. The molecule has 1 aromatic heterocycles. The molecule has 0 saturated heterocycles. The molecule has 1 aromatic rings. The highest BCUT2D eigenvalue weighted by Crippen LogP contribution is 2.17. The second-order valence-corrected chi connectivity index (χ2v) is 8.80. The molecule has 1 fully saturated rings. The summed E-state index contributed by atoms with van der Waals surface area (Å²) >= 11 is 0. The number of carbonyl (C=O) groups is 1. The van der Waals surface area contributed by atoms with Crippen LogP contribution in [0.3, 0.4) is 0 Å². The maximum absolute atomic E-state index is 12.1. The van der Waals surface area contributed by atoms with E-state index in [4.69, 9.17) is 4.42 Å². The first kappa shape index (κ1) is 19.7. The lowest BCUT2D eigenvalue weighted by molar-refractivity contribution is -0.117. The molecule has 7 heteroatoms. The van der Waals surface area contributed by atoms with Gasteiger partial charge in [-0.2, -0.15) is 4.31 Å². The third-order valence-corrected chi connectivity index (χ3v) is 5.74. The van der Waals surface area contributed by atoms with Gasteiger partial charge in [-0.15, -0.1) is 0 Å². The highest BCUT2D eigenvalue weighted by Gasteiger charge is 2.14. The molecule has 1 heterocycles. The van der Waals surface area contributed by atoms with Gasteiger partial charge in [-0.05, 0) is 31.1 Å². The Morgan fingerprint density at radius 1 is 1.24 bits per heavy atom. The Labute approximate surface area is 150 Å². The summed E-state index contributed by atoms with van der Waals surface area (Å²) < 4.78 is 29.6. The minimum atomic E-state index is -3.25. The molecule has 0 atom stereocenters. The van der Waals surface area contributed by atoms with E-state index >= 15 is 0 Å². The molecule has 2 rings (SSSR count). The highest BCUT2D eigenvalue weighted by molar-refractivity contribution is 7.88. The number of rotatable bonds is 6. The third-order valence-electron chi connectivity index (χ3n) is 4.48. The molecule has 0 aromatic carbocycles. The van der Waals surface area contributed by atoms with Gasteiger partial charge in [0.25, 0.3) is 0 Å². The topological polar surface area (TPSA) is 79.6 Å². The average molecular weight is 368 g/mol. The fourth-order valence-electron chi connectivity index (χ4n) is 2.91. The van der Waals surface area contributed by atoms with E-state index in [9.17, 15) is 13.2 Å². The average Bonchev–Trinajstić information content (AvgIpc) is 2.94. The summed E-state index contributed by atoms with van der Waals surface area (Å²) in [7, 11) is -1.75. The minimum Gasteiger partial charge on any atom is -0.460 e. The number of furan rings is 1. The third kappa shape index (κ3) is 7.04. The van der Waals surface area contributed by atoms with Crippen LogP contribution < -0.4 is 5.32 Å². The number of nitrogens with one attached hydrogen (secondary N) is 1. The van der Waals surface area contributed by atoms with E-state index in [-0.39, 0.29) is 18.5 Å². The van der Waals surface area contributed by atoms with Crippen molar-refractivity contribution in [2.45, 2.75) is 57.5 Å². The molecule has 140 valence electrons. The van der Waals surface area contributed by atoms with Crippen molar-refractivity contribution < 1.29 is 17.6 Å². The second-order valence-electron chi connectivity index (χ2n) is 6.71. The molecule has 1 amide bonds. The first-order chi connectivity index (χ1) is 11.8. The summed E-state index contributed by atoms with van der Waals surface area (Å²) in [5, 5.41) is 3.06. The molecule has 0 unspecified atom stereocenters. The van der Waals surface area contributed by atoms with Gasteiger partial charge >= 0.3 is 0 Å². The van der Waals surface area contributed by atoms with Crippen molar-refractivity contribution in [2.24, 2.45) is 0 Å². The van der Waals surface area contributed by atoms with Crippen molar-refractivity contribution in [3.63, 3.8) is 0 Å². The van der Waals surface area contributed by atoms with E-state index in [1.165, 1.54) is 49.5 Å². The first-order valence-corrected chi connectivity index (χ1v) is 10.7. The SMILES string of the molecule is CN(Cc1ccc(/C=C/C(=O)NC2CCCCCCC2)o1)S(C)(=O)=O. The lowest BCUT2D eigenvalue weighted by Gasteiger charge is -2.20. The standard InChI is InChI=1S/C18H28N2O4S/c1-20(25(2,22)23)14-17-11-10-16(24-17)12-13-18(21)19-15-8-6-4-3-5-7-9-15/h10-13,15H,3-9,14H2,1-2H3,(H,19,21)/b13-12+. The summed E-state index contributed by atoms with van der Waals surface area (Å²) in [6.45, 7) is 0.168. The zero-order valence-electron chi connectivity index (χ0n) is 15.0. The predicted molar refractivity (Wildman–Crippen MR) is 98.3 cm³/mol. The monoisotopic (exact) mass is 368 g/mol. The Bertz CT molecular complexity index is 686. The van der Waals surface area contributed by atoms with E-state index in [0.717, 1.165) is 19.1 Å². The fourth-order valence-corrected chi connectivity index (χ4v) is 3.28. The summed E-state index contributed by atoms with van der Waals surface area (Å²) in [4.78, 5) is 12.1. The van der Waals surface area contributed by atoms with Gasteiger partial charge in [0.1, 0.15) is 11.5 Å². The lowest BCUT2D eigenvalue weighted by Crippen LogP contribution is -2.34. The molecule has 0 aliphatic heterocycles. The molecule has 1 aliphatic rings. The van der Waals surface area contributed by atoms with Gasteiger partial charge in [0.2, 0.25) is 15.9 Å². The zero-order valence-corrected chi connectivity index (χ0v) is 15.8. The van der Waals surface area contributed by atoms with E-state index in [1.54, 1.807) is 18.2 Å². The Balaban J connectivity index is 1.85.